The van der Waals surface area contributed by atoms with Gasteiger partial charge in [-0.3, -0.25) is 4.79 Å². The molecule has 1 aliphatic rings. The summed E-state index contributed by atoms with van der Waals surface area (Å²) < 4.78 is 5.41. The van der Waals surface area contributed by atoms with E-state index in [1.165, 1.54) is 0 Å². The summed E-state index contributed by atoms with van der Waals surface area (Å²) in [4.78, 5) is 13.9. The fourth-order valence-corrected chi connectivity index (χ4v) is 2.64. The topological polar surface area (TPSA) is 29.5 Å². The summed E-state index contributed by atoms with van der Waals surface area (Å²) in [5, 5.41) is -0.466. The summed E-state index contributed by atoms with van der Waals surface area (Å²) >= 11 is 6.04. The van der Waals surface area contributed by atoms with E-state index >= 15 is 0 Å². The van der Waals surface area contributed by atoms with Crippen molar-refractivity contribution in [1.29, 1.82) is 0 Å². The summed E-state index contributed by atoms with van der Waals surface area (Å²) in [5.74, 6) is 3.13. The van der Waals surface area contributed by atoms with E-state index in [0.29, 0.717) is 13.0 Å². The van der Waals surface area contributed by atoms with Crippen LogP contribution in [-0.4, -0.2) is 29.3 Å². The van der Waals surface area contributed by atoms with Crippen LogP contribution in [-0.2, 0) is 4.79 Å². The van der Waals surface area contributed by atoms with E-state index in [1.54, 1.807) is 4.90 Å². The molecule has 3 nitrogen and oxygen atoms in total. The molecule has 0 saturated heterocycles. The molecule has 1 amide bonds. The Morgan fingerprint density at radius 3 is 2.90 bits per heavy atom. The molecule has 0 spiro atoms. The maximum atomic E-state index is 12.2. The summed E-state index contributed by atoms with van der Waals surface area (Å²) in [6.07, 6.45) is 7.76. The van der Waals surface area contributed by atoms with Gasteiger partial charge in [-0.05, 0) is 44.0 Å². The zero-order valence-corrected chi connectivity index (χ0v) is 13.0. The van der Waals surface area contributed by atoms with Crippen LogP contribution < -0.4 is 4.74 Å². The first-order valence-corrected chi connectivity index (χ1v) is 7.35. The lowest BCUT2D eigenvalue weighted by Gasteiger charge is -2.31. The largest absolute Gasteiger partial charge is 0.481 e. The Labute approximate surface area is 130 Å². The van der Waals surface area contributed by atoms with Crippen LogP contribution in [0, 0.1) is 19.3 Å². The minimum atomic E-state index is -0.466. The second-order valence-corrected chi connectivity index (χ2v) is 5.37. The van der Waals surface area contributed by atoms with Crippen LogP contribution in [0.1, 0.15) is 24.5 Å². The van der Waals surface area contributed by atoms with Crippen LogP contribution in [0.25, 0.3) is 5.70 Å². The van der Waals surface area contributed by atoms with Gasteiger partial charge >= 0.3 is 0 Å². The number of alkyl halides is 1. The van der Waals surface area contributed by atoms with Gasteiger partial charge in [0.1, 0.15) is 17.7 Å². The molecular weight excluding hydrogens is 286 g/mol. The van der Waals surface area contributed by atoms with E-state index in [0.717, 1.165) is 22.6 Å². The van der Waals surface area contributed by atoms with E-state index in [4.69, 9.17) is 22.8 Å². The Morgan fingerprint density at radius 2 is 2.29 bits per heavy atom. The van der Waals surface area contributed by atoms with Gasteiger partial charge in [0.2, 0.25) is 5.91 Å². The normalized spacial score (nSPS) is 18.2. The maximum Gasteiger partial charge on any atom is 0.245 e. The third-order valence-corrected chi connectivity index (χ3v) is 3.82. The molecule has 2 rings (SSSR count). The molecule has 1 atom stereocenters. The second-order valence-electron chi connectivity index (χ2n) is 4.84. The first-order valence-electron chi connectivity index (χ1n) is 6.91. The molecule has 1 heterocycles. The number of benzene rings is 1. The Morgan fingerprint density at radius 1 is 1.52 bits per heavy atom. The van der Waals surface area contributed by atoms with Gasteiger partial charge in [-0.1, -0.05) is 12.0 Å². The van der Waals surface area contributed by atoms with Crippen molar-refractivity contribution in [2.45, 2.75) is 25.6 Å². The standard InChI is InChI=1S/C17H18ClNO2/c1-4-10-21-13-6-7-14(12(3)11-13)16-9-8-15(18)17(20)19(16)5-2/h1,6-7,9,11,15H,5,8,10H2,2-3H3. The molecule has 0 saturated carbocycles. The molecule has 1 aromatic carbocycles. The Kier molecular flexibility index (Phi) is 4.93. The lowest BCUT2D eigenvalue weighted by Crippen LogP contribution is -2.38. The molecule has 1 aromatic rings. The highest BCUT2D eigenvalue weighted by Gasteiger charge is 2.29. The van der Waals surface area contributed by atoms with Gasteiger partial charge in [0.15, 0.2) is 0 Å². The van der Waals surface area contributed by atoms with E-state index in [9.17, 15) is 4.79 Å². The van der Waals surface area contributed by atoms with Gasteiger partial charge in [-0.25, -0.2) is 0 Å². The minimum absolute atomic E-state index is 0.0382. The average Bonchev–Trinajstić information content (AvgIpc) is 2.48. The van der Waals surface area contributed by atoms with Gasteiger partial charge < -0.3 is 9.64 Å². The molecule has 0 aliphatic carbocycles. The first kappa shape index (κ1) is 15.5. The lowest BCUT2D eigenvalue weighted by molar-refractivity contribution is -0.127. The molecule has 0 aromatic heterocycles. The number of hydrogen-bond donors (Lipinski definition) is 0. The van der Waals surface area contributed by atoms with Crippen molar-refractivity contribution < 1.29 is 9.53 Å². The zero-order chi connectivity index (χ0) is 15.4. The van der Waals surface area contributed by atoms with Crippen LogP contribution in [0.2, 0.25) is 0 Å². The van der Waals surface area contributed by atoms with Gasteiger partial charge in [-0.2, -0.15) is 0 Å². The molecular formula is C17H18ClNO2. The highest BCUT2D eigenvalue weighted by atomic mass is 35.5. The van der Waals surface area contributed by atoms with Crippen LogP contribution >= 0.6 is 11.6 Å². The lowest BCUT2D eigenvalue weighted by atomic mass is 10.00. The predicted molar refractivity (Wildman–Crippen MR) is 85.1 cm³/mol. The predicted octanol–water partition coefficient (Wildman–Crippen LogP) is 3.21. The fraction of sp³-hybridized carbons (Fsp3) is 0.353. The quantitative estimate of drug-likeness (QED) is 0.631. The molecule has 0 radical (unpaired) electrons. The smallest absolute Gasteiger partial charge is 0.245 e. The van der Waals surface area contributed by atoms with Crippen molar-refractivity contribution in [2.75, 3.05) is 13.2 Å². The second kappa shape index (κ2) is 6.69. The summed E-state index contributed by atoms with van der Waals surface area (Å²) in [7, 11) is 0. The third kappa shape index (κ3) is 3.22. The number of rotatable bonds is 4. The number of carbonyl (C=O) groups is 1. The van der Waals surface area contributed by atoms with E-state index in [-0.39, 0.29) is 12.5 Å². The van der Waals surface area contributed by atoms with Crippen molar-refractivity contribution in [3.8, 4) is 18.1 Å². The number of hydrogen-bond acceptors (Lipinski definition) is 2. The monoisotopic (exact) mass is 303 g/mol. The molecule has 1 aliphatic heterocycles. The molecule has 0 fully saturated rings. The highest BCUT2D eigenvalue weighted by Crippen LogP contribution is 2.31. The SMILES string of the molecule is C#CCOc1ccc(C2=CCC(Cl)C(=O)N2CC)c(C)c1. The first-order chi connectivity index (χ1) is 10.1. The van der Waals surface area contributed by atoms with Crippen molar-refractivity contribution in [3.05, 3.63) is 35.4 Å². The van der Waals surface area contributed by atoms with Crippen LogP contribution in [0.15, 0.2) is 24.3 Å². The third-order valence-electron chi connectivity index (χ3n) is 3.46. The number of nitrogens with zero attached hydrogens (tertiary/aromatic N) is 1. The molecule has 1 unspecified atom stereocenters. The average molecular weight is 304 g/mol. The maximum absolute atomic E-state index is 12.2. The number of carbonyl (C=O) groups excluding carboxylic acids is 1. The van der Waals surface area contributed by atoms with E-state index < -0.39 is 5.38 Å². The van der Waals surface area contributed by atoms with Crippen LogP contribution in [0.5, 0.6) is 5.75 Å². The van der Waals surface area contributed by atoms with Crippen LogP contribution in [0.4, 0.5) is 0 Å². The van der Waals surface area contributed by atoms with Gasteiger partial charge in [0.05, 0.1) is 0 Å². The molecule has 0 bridgehead atoms. The fourth-order valence-electron chi connectivity index (χ4n) is 2.43. The zero-order valence-electron chi connectivity index (χ0n) is 12.2. The van der Waals surface area contributed by atoms with E-state index in [2.05, 4.69) is 5.92 Å². The Balaban J connectivity index is 2.33. The minimum Gasteiger partial charge on any atom is -0.481 e. The van der Waals surface area contributed by atoms with Crippen molar-refractivity contribution in [2.24, 2.45) is 0 Å². The van der Waals surface area contributed by atoms with Crippen molar-refractivity contribution >= 4 is 23.2 Å². The van der Waals surface area contributed by atoms with Crippen molar-refractivity contribution in [3.63, 3.8) is 0 Å². The molecule has 21 heavy (non-hydrogen) atoms. The van der Waals surface area contributed by atoms with Crippen LogP contribution in [0.3, 0.4) is 0 Å². The van der Waals surface area contributed by atoms with Gasteiger partial charge in [0, 0.05) is 17.8 Å². The number of ether oxygens (including phenoxy) is 1. The number of aryl methyl sites for hydroxylation is 1. The number of terminal acetylenes is 1. The highest BCUT2D eigenvalue weighted by molar-refractivity contribution is 6.31. The number of halogens is 1. The van der Waals surface area contributed by atoms with Gasteiger partial charge in [-0.15, -0.1) is 18.0 Å². The number of amides is 1. The summed E-state index contributed by atoms with van der Waals surface area (Å²) in [6.45, 7) is 4.78. The number of allylic oxidation sites excluding steroid dienone is 1. The summed E-state index contributed by atoms with van der Waals surface area (Å²) in [5.41, 5.74) is 2.97. The Hall–Kier alpha value is -1.92. The van der Waals surface area contributed by atoms with Gasteiger partial charge in [0.25, 0.3) is 0 Å². The van der Waals surface area contributed by atoms with E-state index in [1.807, 2.05) is 38.1 Å². The Bertz CT molecular complexity index is 616. The van der Waals surface area contributed by atoms with Crippen molar-refractivity contribution in [1.82, 2.24) is 4.90 Å². The summed E-state index contributed by atoms with van der Waals surface area (Å²) in [6, 6.07) is 5.75. The molecule has 110 valence electrons. The molecule has 0 N–H and O–H groups in total. The molecule has 4 heteroatoms.